The maximum Gasteiger partial charge on any atom is 0.407 e. The Morgan fingerprint density at radius 2 is 1.95 bits per heavy atom. The summed E-state index contributed by atoms with van der Waals surface area (Å²) in [5.41, 5.74) is 1.94. The molecule has 5 rings (SSSR count). The zero-order chi connectivity index (χ0) is 26.3. The molecule has 3 aromatic rings. The molecule has 0 radical (unpaired) electrons. The number of nitrogens with zero attached hydrogens (tertiary/aromatic N) is 3. The predicted molar refractivity (Wildman–Crippen MR) is 127 cm³/mol. The lowest BCUT2D eigenvalue weighted by Gasteiger charge is -2.19. The van der Waals surface area contributed by atoms with Crippen molar-refractivity contribution in [2.45, 2.75) is 38.0 Å². The molecule has 1 aromatic carbocycles. The van der Waals surface area contributed by atoms with Gasteiger partial charge in [-0.2, -0.15) is 8.78 Å². The molecule has 37 heavy (non-hydrogen) atoms. The highest BCUT2D eigenvalue weighted by Crippen LogP contribution is 2.37. The molecular weight excluding hydrogens is 490 g/mol. The fourth-order valence-electron chi connectivity index (χ4n) is 4.68. The van der Waals surface area contributed by atoms with E-state index >= 15 is 0 Å². The van der Waals surface area contributed by atoms with Gasteiger partial charge in [-0.15, -0.1) is 0 Å². The number of imidazole rings is 1. The Hall–Kier alpha value is -3.93. The number of hydrogen-bond donors (Lipinski definition) is 3. The van der Waals surface area contributed by atoms with Gasteiger partial charge in [0.1, 0.15) is 22.7 Å². The molecule has 10 nitrogen and oxygen atoms in total. The van der Waals surface area contributed by atoms with Gasteiger partial charge in [0, 0.05) is 36.8 Å². The van der Waals surface area contributed by atoms with E-state index in [9.17, 15) is 28.6 Å². The van der Waals surface area contributed by atoms with Crippen molar-refractivity contribution >= 4 is 17.6 Å². The monoisotopic (exact) mass is 516 g/mol. The van der Waals surface area contributed by atoms with Gasteiger partial charge in [-0.05, 0) is 49.1 Å². The summed E-state index contributed by atoms with van der Waals surface area (Å²) in [6.45, 7) is -2.53. The van der Waals surface area contributed by atoms with Crippen molar-refractivity contribution in [1.29, 1.82) is 0 Å². The second kappa shape index (κ2) is 9.85. The molecule has 0 bridgehead atoms. The Morgan fingerprint density at radius 1 is 1.19 bits per heavy atom. The van der Waals surface area contributed by atoms with Crippen molar-refractivity contribution in [2.75, 3.05) is 20.2 Å². The number of carbonyl (C=O) groups is 2. The van der Waals surface area contributed by atoms with Gasteiger partial charge in [-0.25, -0.2) is 9.78 Å². The average Bonchev–Trinajstić information content (AvgIpc) is 3.37. The fraction of sp³-hybridized carbons (Fsp3) is 0.400. The molecule has 1 saturated carbocycles. The van der Waals surface area contributed by atoms with Gasteiger partial charge in [0.2, 0.25) is 0 Å². The van der Waals surface area contributed by atoms with Crippen molar-refractivity contribution in [3.8, 4) is 22.8 Å². The van der Waals surface area contributed by atoms with Crippen molar-refractivity contribution in [2.24, 2.45) is 5.92 Å². The molecule has 1 saturated heterocycles. The van der Waals surface area contributed by atoms with Crippen LogP contribution in [-0.4, -0.2) is 69.4 Å². The van der Waals surface area contributed by atoms with E-state index in [1.807, 2.05) is 0 Å². The van der Waals surface area contributed by atoms with Crippen LogP contribution >= 0.6 is 0 Å². The number of methoxy groups -OCH3 is 1. The van der Waals surface area contributed by atoms with Gasteiger partial charge in [-0.1, -0.05) is 0 Å². The second-order valence-corrected chi connectivity index (χ2v) is 9.23. The molecule has 12 heteroatoms. The Kier molecular flexibility index (Phi) is 6.59. The predicted octanol–water partition coefficient (Wildman–Crippen LogP) is 3.54. The third kappa shape index (κ3) is 5.01. The smallest absolute Gasteiger partial charge is 0.407 e. The Balaban J connectivity index is 1.48. The summed E-state index contributed by atoms with van der Waals surface area (Å²) in [6.07, 6.45) is 3.55. The quantitative estimate of drug-likeness (QED) is 0.418. The highest BCUT2D eigenvalue weighted by Gasteiger charge is 2.32. The zero-order valence-corrected chi connectivity index (χ0v) is 19.9. The summed E-state index contributed by atoms with van der Waals surface area (Å²) in [5.74, 6) is -1.02. The molecule has 0 spiro atoms. The van der Waals surface area contributed by atoms with Gasteiger partial charge < -0.3 is 29.9 Å². The van der Waals surface area contributed by atoms with Crippen molar-refractivity contribution in [3.05, 3.63) is 47.8 Å². The van der Waals surface area contributed by atoms with Crippen LogP contribution in [0.15, 0.2) is 36.7 Å². The minimum Gasteiger partial charge on any atom is -0.496 e. The van der Waals surface area contributed by atoms with Crippen molar-refractivity contribution < 1.29 is 38.1 Å². The number of aliphatic hydroxyl groups is 1. The maximum atomic E-state index is 13.2. The summed E-state index contributed by atoms with van der Waals surface area (Å²) in [4.78, 5) is 29.6. The Morgan fingerprint density at radius 3 is 2.59 bits per heavy atom. The number of hydrogen-bond acceptors (Lipinski definition) is 6. The lowest BCUT2D eigenvalue weighted by molar-refractivity contribution is -0.0502. The molecule has 1 aliphatic carbocycles. The SMILES string of the molecule is COc1cc(-c2cnc3cc(C(O)[C@H]4CCN(C(=O)O)C4)ccn23)cc(OC(F)F)c1C(=O)NC1CC1. The molecular formula is C25H26F2N4O6. The maximum absolute atomic E-state index is 13.2. The number of carboxylic acid groups (broad SMARTS) is 1. The highest BCUT2D eigenvalue weighted by atomic mass is 19.3. The Labute approximate surface area is 210 Å². The number of fused-ring (bicyclic) bond motifs is 1. The minimum atomic E-state index is -3.15. The van der Waals surface area contributed by atoms with Crippen LogP contribution in [-0.2, 0) is 0 Å². The van der Waals surface area contributed by atoms with Gasteiger partial charge in [0.25, 0.3) is 5.91 Å². The van der Waals surface area contributed by atoms with E-state index in [0.29, 0.717) is 35.4 Å². The average molecular weight is 517 g/mol. The number of halogens is 2. The summed E-state index contributed by atoms with van der Waals surface area (Å²) in [6, 6.07) is 6.32. The number of aliphatic hydroxyl groups excluding tert-OH is 1. The first kappa shape index (κ1) is 24.8. The number of aromatic nitrogens is 2. The van der Waals surface area contributed by atoms with Crippen LogP contribution in [0.4, 0.5) is 13.6 Å². The number of likely N-dealkylation sites (tertiary alicyclic amines) is 1. The number of amides is 2. The molecule has 1 unspecified atom stereocenters. The molecule has 3 heterocycles. The van der Waals surface area contributed by atoms with E-state index in [1.165, 1.54) is 24.3 Å². The zero-order valence-electron chi connectivity index (χ0n) is 19.9. The minimum absolute atomic E-state index is 0.0102. The highest BCUT2D eigenvalue weighted by molar-refractivity contribution is 6.01. The molecule has 2 aliphatic rings. The number of pyridine rings is 1. The molecule has 2 aromatic heterocycles. The largest absolute Gasteiger partial charge is 0.496 e. The summed E-state index contributed by atoms with van der Waals surface area (Å²) in [5, 5.41) is 22.8. The van der Waals surface area contributed by atoms with E-state index in [0.717, 1.165) is 12.8 Å². The number of alkyl halides is 2. The van der Waals surface area contributed by atoms with E-state index in [1.54, 1.807) is 28.8 Å². The normalized spacial score (nSPS) is 18.3. The van der Waals surface area contributed by atoms with E-state index in [4.69, 9.17) is 9.47 Å². The van der Waals surface area contributed by atoms with Gasteiger partial charge in [0.15, 0.2) is 0 Å². The van der Waals surface area contributed by atoms with Crippen LogP contribution in [0.25, 0.3) is 16.9 Å². The van der Waals surface area contributed by atoms with Crippen LogP contribution in [0.5, 0.6) is 11.5 Å². The first-order valence-corrected chi connectivity index (χ1v) is 11.9. The molecule has 2 atom stereocenters. The molecule has 2 fully saturated rings. The number of benzene rings is 1. The van der Waals surface area contributed by atoms with Crippen LogP contribution < -0.4 is 14.8 Å². The lowest BCUT2D eigenvalue weighted by Crippen LogP contribution is -2.27. The number of rotatable bonds is 8. The number of carbonyl (C=O) groups excluding carboxylic acids is 1. The molecule has 3 N–H and O–H groups in total. The number of nitrogens with one attached hydrogen (secondary N) is 1. The summed E-state index contributed by atoms with van der Waals surface area (Å²) < 4.78 is 38.3. The topological polar surface area (TPSA) is 126 Å². The van der Waals surface area contributed by atoms with Crippen molar-refractivity contribution in [1.82, 2.24) is 19.6 Å². The molecule has 1 aliphatic heterocycles. The van der Waals surface area contributed by atoms with E-state index in [-0.39, 0.29) is 35.6 Å². The summed E-state index contributed by atoms with van der Waals surface area (Å²) in [7, 11) is 1.34. The number of ether oxygens (including phenoxy) is 2. The van der Waals surface area contributed by atoms with E-state index < -0.39 is 24.7 Å². The third-order valence-corrected chi connectivity index (χ3v) is 6.76. The standard InChI is InChI=1S/C25H26F2N4O6/c1-36-18-8-15(9-19(37-24(26)27)21(18)23(33)29-16-2-3-16)17-11-28-20-10-13(5-7-31(17)20)22(32)14-4-6-30(12-14)25(34)35/h5,7-11,14,16,22,24,32H,2-4,6,12H2,1H3,(H,29,33)(H,34,35)/t14-,22?/m0/s1. The summed E-state index contributed by atoms with van der Waals surface area (Å²) >= 11 is 0. The second-order valence-electron chi connectivity index (χ2n) is 9.23. The first-order valence-electron chi connectivity index (χ1n) is 11.9. The Bertz CT molecular complexity index is 1340. The van der Waals surface area contributed by atoms with Gasteiger partial charge >= 0.3 is 12.7 Å². The van der Waals surface area contributed by atoms with Crippen molar-refractivity contribution in [3.63, 3.8) is 0 Å². The van der Waals surface area contributed by atoms with Crippen LogP contribution in [0.3, 0.4) is 0 Å². The first-order chi connectivity index (χ1) is 17.7. The van der Waals surface area contributed by atoms with Crippen LogP contribution in [0.1, 0.15) is 41.3 Å². The third-order valence-electron chi connectivity index (χ3n) is 6.76. The molecule has 196 valence electrons. The lowest BCUT2D eigenvalue weighted by atomic mass is 9.96. The van der Waals surface area contributed by atoms with Gasteiger partial charge in [-0.3, -0.25) is 9.20 Å². The van der Waals surface area contributed by atoms with Gasteiger partial charge in [0.05, 0.1) is 25.1 Å². The van der Waals surface area contributed by atoms with Crippen LogP contribution in [0, 0.1) is 5.92 Å². The van der Waals surface area contributed by atoms with E-state index in [2.05, 4.69) is 10.3 Å². The molecule has 2 amide bonds. The van der Waals surface area contributed by atoms with Crippen LogP contribution in [0.2, 0.25) is 0 Å². The fourth-order valence-corrected chi connectivity index (χ4v) is 4.68.